The van der Waals surface area contributed by atoms with Gasteiger partial charge in [-0.25, -0.2) is 0 Å². The summed E-state index contributed by atoms with van der Waals surface area (Å²) in [5.41, 5.74) is 0.651. The second-order valence-corrected chi connectivity index (χ2v) is 5.72. The fraction of sp³-hybridized carbons (Fsp3) is 0.500. The highest BCUT2D eigenvalue weighted by atomic mass is 16.5. The molecule has 0 bridgehead atoms. The molecule has 1 aliphatic heterocycles. The van der Waals surface area contributed by atoms with Crippen LogP contribution in [0.5, 0.6) is 5.75 Å². The molecule has 1 heterocycles. The minimum absolute atomic E-state index is 0.0757. The molecule has 0 aromatic heterocycles. The number of hydrogen-bond donors (Lipinski definition) is 1. The Kier molecular flexibility index (Phi) is 6.46. The Bertz CT molecular complexity index is 494. The molecule has 1 aliphatic rings. The van der Waals surface area contributed by atoms with Crippen LogP contribution >= 0.6 is 0 Å². The molecule has 0 atom stereocenters. The fourth-order valence-electron chi connectivity index (χ4n) is 2.86. The van der Waals surface area contributed by atoms with E-state index in [1.165, 1.54) is 6.42 Å². The third-order valence-electron chi connectivity index (χ3n) is 4.18. The van der Waals surface area contributed by atoms with Crippen LogP contribution in [0.4, 0.5) is 0 Å². The lowest BCUT2D eigenvalue weighted by Crippen LogP contribution is -2.39. The smallest absolute Gasteiger partial charge is 0.257 e. The first kappa shape index (κ1) is 16.6. The number of para-hydroxylation sites is 1. The monoisotopic (exact) mass is 302 g/mol. The minimum Gasteiger partial charge on any atom is -0.489 e. The number of hydrogen-bond acceptors (Lipinski definition) is 3. The molecular formula is C18H26N2O2. The Morgan fingerprint density at radius 1 is 1.41 bits per heavy atom. The van der Waals surface area contributed by atoms with Gasteiger partial charge in [0.2, 0.25) is 0 Å². The number of nitrogens with one attached hydrogen (secondary N) is 1. The number of carbonyl (C=O) groups excluding carboxylic acids is 1. The molecule has 1 amide bonds. The largest absolute Gasteiger partial charge is 0.489 e. The van der Waals surface area contributed by atoms with E-state index >= 15 is 0 Å². The van der Waals surface area contributed by atoms with Crippen LogP contribution in [0.15, 0.2) is 36.9 Å². The Hall–Kier alpha value is -1.81. The Morgan fingerprint density at radius 2 is 2.14 bits per heavy atom. The van der Waals surface area contributed by atoms with Crippen LogP contribution in [0.25, 0.3) is 0 Å². The van der Waals surface area contributed by atoms with E-state index in [1.807, 2.05) is 36.2 Å². The van der Waals surface area contributed by atoms with Gasteiger partial charge >= 0.3 is 0 Å². The van der Waals surface area contributed by atoms with Crippen LogP contribution in [-0.2, 0) is 0 Å². The third kappa shape index (κ3) is 4.34. The molecular weight excluding hydrogens is 276 g/mol. The van der Waals surface area contributed by atoms with E-state index in [0.717, 1.165) is 38.4 Å². The molecule has 0 spiro atoms. The van der Waals surface area contributed by atoms with E-state index < -0.39 is 0 Å². The van der Waals surface area contributed by atoms with Crippen LogP contribution in [0.3, 0.4) is 0 Å². The van der Waals surface area contributed by atoms with Crippen molar-refractivity contribution in [1.82, 2.24) is 10.2 Å². The van der Waals surface area contributed by atoms with Crippen molar-refractivity contribution in [3.05, 3.63) is 42.5 Å². The van der Waals surface area contributed by atoms with Crippen LogP contribution < -0.4 is 10.1 Å². The molecule has 0 unspecified atom stereocenters. The van der Waals surface area contributed by atoms with Gasteiger partial charge < -0.3 is 15.0 Å². The van der Waals surface area contributed by atoms with Gasteiger partial charge in [-0.2, -0.15) is 0 Å². The van der Waals surface area contributed by atoms with Crippen molar-refractivity contribution in [2.45, 2.75) is 19.3 Å². The highest BCUT2D eigenvalue weighted by Gasteiger charge is 2.25. The number of rotatable bonds is 7. The lowest BCUT2D eigenvalue weighted by atomic mass is 9.93. The van der Waals surface area contributed by atoms with Gasteiger partial charge in [-0.3, -0.25) is 4.79 Å². The third-order valence-corrected chi connectivity index (χ3v) is 4.18. The van der Waals surface area contributed by atoms with Gasteiger partial charge in [0.1, 0.15) is 12.4 Å². The number of likely N-dealkylation sites (tertiary alicyclic amines) is 1. The SMILES string of the molecule is C=CCOc1ccccc1C(=O)N1CCC(CCNC)CC1. The molecule has 120 valence electrons. The maximum atomic E-state index is 12.7. The van der Waals surface area contributed by atoms with Crippen molar-refractivity contribution in [2.75, 3.05) is 33.3 Å². The Morgan fingerprint density at radius 3 is 2.82 bits per heavy atom. The zero-order valence-electron chi connectivity index (χ0n) is 13.4. The van der Waals surface area contributed by atoms with Crippen LogP contribution in [-0.4, -0.2) is 44.1 Å². The highest BCUT2D eigenvalue weighted by molar-refractivity contribution is 5.97. The van der Waals surface area contributed by atoms with Crippen LogP contribution in [0, 0.1) is 5.92 Å². The van der Waals surface area contributed by atoms with Gasteiger partial charge in [-0.05, 0) is 50.9 Å². The number of piperidine rings is 1. The molecule has 1 fully saturated rings. The van der Waals surface area contributed by atoms with Gasteiger partial charge in [0.05, 0.1) is 5.56 Å². The van der Waals surface area contributed by atoms with E-state index in [9.17, 15) is 4.79 Å². The summed E-state index contributed by atoms with van der Waals surface area (Å²) < 4.78 is 5.60. The first-order valence-corrected chi connectivity index (χ1v) is 8.03. The van der Waals surface area contributed by atoms with Gasteiger partial charge in [-0.1, -0.05) is 24.8 Å². The second kappa shape index (κ2) is 8.59. The van der Waals surface area contributed by atoms with E-state index in [-0.39, 0.29) is 5.91 Å². The topological polar surface area (TPSA) is 41.6 Å². The van der Waals surface area contributed by atoms with Crippen molar-refractivity contribution in [2.24, 2.45) is 5.92 Å². The number of amides is 1. The molecule has 0 aliphatic carbocycles. The quantitative estimate of drug-likeness (QED) is 0.787. The van der Waals surface area contributed by atoms with E-state index in [2.05, 4.69) is 11.9 Å². The molecule has 4 nitrogen and oxygen atoms in total. The Labute approximate surface area is 133 Å². The number of benzene rings is 1. The molecule has 1 saturated heterocycles. The summed E-state index contributed by atoms with van der Waals surface area (Å²) in [4.78, 5) is 14.7. The fourth-order valence-corrected chi connectivity index (χ4v) is 2.86. The van der Waals surface area contributed by atoms with Crippen molar-refractivity contribution in [1.29, 1.82) is 0 Å². The maximum Gasteiger partial charge on any atom is 0.257 e. The molecule has 1 aromatic rings. The summed E-state index contributed by atoms with van der Waals surface area (Å²) in [5, 5.41) is 3.20. The van der Waals surface area contributed by atoms with Crippen LogP contribution in [0.1, 0.15) is 29.6 Å². The zero-order chi connectivity index (χ0) is 15.8. The first-order chi connectivity index (χ1) is 10.8. The standard InChI is InChI=1S/C18H26N2O2/c1-3-14-22-17-7-5-4-6-16(17)18(21)20-12-9-15(10-13-20)8-11-19-2/h3-7,15,19H,1,8-14H2,2H3. The Balaban J connectivity index is 1.96. The van der Waals surface area contributed by atoms with E-state index in [1.54, 1.807) is 6.08 Å². The number of carbonyl (C=O) groups is 1. The summed E-state index contributed by atoms with van der Waals surface area (Å²) in [6.07, 6.45) is 5.05. The van der Waals surface area contributed by atoms with Gasteiger partial charge in [0, 0.05) is 13.1 Å². The minimum atomic E-state index is 0.0757. The summed E-state index contributed by atoms with van der Waals surface area (Å²) in [5.74, 6) is 1.44. The molecule has 0 saturated carbocycles. The number of ether oxygens (including phenoxy) is 1. The molecule has 4 heteroatoms. The van der Waals surface area contributed by atoms with Crippen molar-refractivity contribution >= 4 is 5.91 Å². The highest BCUT2D eigenvalue weighted by Crippen LogP contribution is 2.25. The van der Waals surface area contributed by atoms with Gasteiger partial charge in [-0.15, -0.1) is 0 Å². The zero-order valence-corrected chi connectivity index (χ0v) is 13.4. The van der Waals surface area contributed by atoms with Gasteiger partial charge in [0.15, 0.2) is 0 Å². The summed E-state index contributed by atoms with van der Waals surface area (Å²) >= 11 is 0. The normalized spacial score (nSPS) is 15.6. The van der Waals surface area contributed by atoms with Crippen molar-refractivity contribution in [3.63, 3.8) is 0 Å². The number of nitrogens with zero attached hydrogens (tertiary/aromatic N) is 1. The lowest BCUT2D eigenvalue weighted by molar-refractivity contribution is 0.0683. The first-order valence-electron chi connectivity index (χ1n) is 8.03. The van der Waals surface area contributed by atoms with Crippen LogP contribution in [0.2, 0.25) is 0 Å². The second-order valence-electron chi connectivity index (χ2n) is 5.72. The molecule has 22 heavy (non-hydrogen) atoms. The summed E-state index contributed by atoms with van der Waals surface area (Å²) in [7, 11) is 1.98. The molecule has 0 radical (unpaired) electrons. The average molecular weight is 302 g/mol. The molecule has 1 aromatic carbocycles. The van der Waals surface area contributed by atoms with Crippen molar-refractivity contribution in [3.8, 4) is 5.75 Å². The molecule has 2 rings (SSSR count). The predicted octanol–water partition coefficient (Wildman–Crippen LogP) is 2.71. The average Bonchev–Trinajstić information content (AvgIpc) is 2.58. The predicted molar refractivity (Wildman–Crippen MR) is 89.3 cm³/mol. The lowest BCUT2D eigenvalue weighted by Gasteiger charge is -2.32. The summed E-state index contributed by atoms with van der Waals surface area (Å²) in [6, 6.07) is 7.46. The maximum absolute atomic E-state index is 12.7. The van der Waals surface area contributed by atoms with Gasteiger partial charge in [0.25, 0.3) is 5.91 Å². The van der Waals surface area contributed by atoms with Crippen molar-refractivity contribution < 1.29 is 9.53 Å². The van der Waals surface area contributed by atoms with E-state index in [4.69, 9.17) is 4.74 Å². The summed E-state index contributed by atoms with van der Waals surface area (Å²) in [6.45, 7) is 6.79. The van der Waals surface area contributed by atoms with E-state index in [0.29, 0.717) is 17.9 Å². The molecule has 1 N–H and O–H groups in total.